The number of carbonyl (C=O) groups excluding carboxylic acids is 1. The van der Waals surface area contributed by atoms with Gasteiger partial charge in [0.2, 0.25) is 5.82 Å². The number of amides is 2. The van der Waals surface area contributed by atoms with Crippen LogP contribution in [0.25, 0.3) is 23.0 Å². The Morgan fingerprint density at radius 2 is 2.10 bits per heavy atom. The number of ether oxygens (including phenoxy) is 1. The Hall–Kier alpha value is -3.49. The van der Waals surface area contributed by atoms with E-state index in [0.29, 0.717) is 54.9 Å². The number of nitrogens with zero attached hydrogens (tertiary/aromatic N) is 6. The minimum absolute atomic E-state index is 0.0601. The number of likely N-dealkylation sites (tertiary alicyclic amines) is 1. The molecule has 156 valence electrons. The molecule has 1 aromatic carbocycles. The summed E-state index contributed by atoms with van der Waals surface area (Å²) in [5, 5.41) is 4.01. The number of para-hydroxylation sites is 1. The summed E-state index contributed by atoms with van der Waals surface area (Å²) < 4.78 is 11.7. The van der Waals surface area contributed by atoms with Crippen LogP contribution in [-0.4, -0.2) is 68.2 Å². The van der Waals surface area contributed by atoms with Crippen LogP contribution in [0.1, 0.15) is 20.3 Å². The number of aromatic nitrogens is 4. The summed E-state index contributed by atoms with van der Waals surface area (Å²) in [6.45, 7) is 6.61. The largest absolute Gasteiger partial charge is 0.488 e. The van der Waals surface area contributed by atoms with Crippen molar-refractivity contribution in [3.05, 3.63) is 42.9 Å². The first-order valence-corrected chi connectivity index (χ1v) is 10.1. The van der Waals surface area contributed by atoms with Gasteiger partial charge in [0, 0.05) is 38.4 Å². The topological polar surface area (TPSA) is 97.5 Å². The summed E-state index contributed by atoms with van der Waals surface area (Å²) >= 11 is 0. The van der Waals surface area contributed by atoms with Crippen LogP contribution >= 0.6 is 0 Å². The van der Waals surface area contributed by atoms with Crippen molar-refractivity contribution < 1.29 is 14.1 Å². The van der Waals surface area contributed by atoms with Crippen molar-refractivity contribution in [1.29, 1.82) is 0 Å². The molecule has 9 nitrogen and oxygen atoms in total. The Bertz CT molecular complexity index is 989. The average Bonchev–Trinajstić information content (AvgIpc) is 3.46. The number of carbonyl (C=O) groups is 1. The van der Waals surface area contributed by atoms with Gasteiger partial charge in [-0.25, -0.2) is 9.78 Å². The lowest BCUT2D eigenvalue weighted by Gasteiger charge is -2.26. The van der Waals surface area contributed by atoms with Gasteiger partial charge < -0.3 is 19.1 Å². The van der Waals surface area contributed by atoms with Crippen LogP contribution in [0.5, 0.6) is 5.75 Å². The second kappa shape index (κ2) is 8.89. The monoisotopic (exact) mass is 408 g/mol. The molecule has 2 amide bonds. The Labute approximate surface area is 174 Å². The van der Waals surface area contributed by atoms with Gasteiger partial charge in [-0.1, -0.05) is 17.3 Å². The molecule has 0 radical (unpaired) electrons. The van der Waals surface area contributed by atoms with Gasteiger partial charge in [0.15, 0.2) is 0 Å². The number of hydrogen-bond acceptors (Lipinski definition) is 7. The molecule has 0 N–H and O–H groups in total. The van der Waals surface area contributed by atoms with Gasteiger partial charge in [0.05, 0.1) is 18.3 Å². The summed E-state index contributed by atoms with van der Waals surface area (Å²) in [5.74, 6) is 1.36. The zero-order chi connectivity index (χ0) is 20.9. The maximum absolute atomic E-state index is 12.6. The van der Waals surface area contributed by atoms with Crippen LogP contribution < -0.4 is 4.74 Å². The van der Waals surface area contributed by atoms with Crippen molar-refractivity contribution in [2.24, 2.45) is 0 Å². The van der Waals surface area contributed by atoms with Gasteiger partial charge in [-0.05, 0) is 26.0 Å². The smallest absolute Gasteiger partial charge is 0.320 e. The second-order valence-electron chi connectivity index (χ2n) is 6.94. The van der Waals surface area contributed by atoms with Crippen molar-refractivity contribution in [3.63, 3.8) is 0 Å². The number of hydrogen-bond donors (Lipinski definition) is 0. The molecule has 9 heteroatoms. The molecule has 2 aromatic heterocycles. The predicted octanol–water partition coefficient (Wildman–Crippen LogP) is 3.11. The predicted molar refractivity (Wildman–Crippen MR) is 110 cm³/mol. The Kier molecular flexibility index (Phi) is 5.87. The Morgan fingerprint density at radius 3 is 2.87 bits per heavy atom. The van der Waals surface area contributed by atoms with E-state index in [2.05, 4.69) is 20.1 Å². The van der Waals surface area contributed by atoms with Crippen molar-refractivity contribution in [2.45, 2.75) is 26.4 Å². The van der Waals surface area contributed by atoms with E-state index in [1.54, 1.807) is 18.6 Å². The molecule has 1 saturated heterocycles. The maximum Gasteiger partial charge on any atom is 0.320 e. The molecule has 1 aliphatic heterocycles. The standard InChI is InChI=1S/C21H24N6O3/c1-3-26(4-2)21(28)27-12-9-15(14-27)29-18-8-6-5-7-16(18)20-24-19(25-30-20)17-13-22-10-11-23-17/h5-8,10-11,13,15H,3-4,9,12,14H2,1-2H3. The summed E-state index contributed by atoms with van der Waals surface area (Å²) in [6.07, 6.45) is 5.43. The van der Waals surface area contributed by atoms with Crippen LogP contribution in [-0.2, 0) is 0 Å². The first-order chi connectivity index (χ1) is 14.7. The molecule has 0 spiro atoms. The highest BCUT2D eigenvalue weighted by Gasteiger charge is 2.30. The molecule has 1 unspecified atom stereocenters. The fourth-order valence-electron chi connectivity index (χ4n) is 3.47. The Morgan fingerprint density at radius 1 is 1.27 bits per heavy atom. The zero-order valence-electron chi connectivity index (χ0n) is 17.1. The van der Waals surface area contributed by atoms with E-state index in [9.17, 15) is 4.79 Å². The second-order valence-corrected chi connectivity index (χ2v) is 6.94. The van der Waals surface area contributed by atoms with E-state index in [4.69, 9.17) is 9.26 Å². The fourth-order valence-corrected chi connectivity index (χ4v) is 3.47. The molecular weight excluding hydrogens is 384 g/mol. The highest BCUT2D eigenvalue weighted by molar-refractivity contribution is 5.74. The third-order valence-corrected chi connectivity index (χ3v) is 5.08. The third kappa shape index (κ3) is 4.10. The molecule has 3 aromatic rings. The quantitative estimate of drug-likeness (QED) is 0.618. The van der Waals surface area contributed by atoms with E-state index < -0.39 is 0 Å². The number of urea groups is 1. The van der Waals surface area contributed by atoms with Gasteiger partial charge >= 0.3 is 6.03 Å². The maximum atomic E-state index is 12.6. The molecule has 1 aliphatic rings. The van der Waals surface area contributed by atoms with E-state index in [1.807, 2.05) is 47.9 Å². The molecular formula is C21H24N6O3. The van der Waals surface area contributed by atoms with E-state index in [1.165, 1.54) is 0 Å². The highest BCUT2D eigenvalue weighted by Crippen LogP contribution is 2.31. The highest BCUT2D eigenvalue weighted by atomic mass is 16.5. The molecule has 3 heterocycles. The van der Waals surface area contributed by atoms with Crippen molar-refractivity contribution >= 4 is 6.03 Å². The molecule has 0 bridgehead atoms. The molecule has 0 saturated carbocycles. The van der Waals surface area contributed by atoms with Crippen molar-refractivity contribution in [3.8, 4) is 28.7 Å². The summed E-state index contributed by atoms with van der Waals surface area (Å²) in [5.41, 5.74) is 1.24. The molecule has 1 fully saturated rings. The van der Waals surface area contributed by atoms with Gasteiger partial charge in [-0.2, -0.15) is 4.98 Å². The van der Waals surface area contributed by atoms with Crippen molar-refractivity contribution in [1.82, 2.24) is 29.9 Å². The minimum Gasteiger partial charge on any atom is -0.488 e. The first-order valence-electron chi connectivity index (χ1n) is 10.1. The summed E-state index contributed by atoms with van der Waals surface area (Å²) in [7, 11) is 0. The fraction of sp³-hybridized carbons (Fsp3) is 0.381. The molecule has 0 aliphatic carbocycles. The van der Waals surface area contributed by atoms with Gasteiger partial charge in [0.1, 0.15) is 17.5 Å². The SMILES string of the molecule is CCN(CC)C(=O)N1CCC(Oc2ccccc2-c2nc(-c3cnccn3)no2)C1. The van der Waals surface area contributed by atoms with Crippen molar-refractivity contribution in [2.75, 3.05) is 26.2 Å². The lowest BCUT2D eigenvalue weighted by molar-refractivity contribution is 0.156. The lowest BCUT2D eigenvalue weighted by atomic mass is 10.2. The van der Waals surface area contributed by atoms with Gasteiger partial charge in [-0.3, -0.25) is 4.98 Å². The summed E-state index contributed by atoms with van der Waals surface area (Å²) in [4.78, 5) is 28.9. The molecule has 4 rings (SSSR count). The zero-order valence-corrected chi connectivity index (χ0v) is 17.1. The number of benzene rings is 1. The average molecular weight is 408 g/mol. The minimum atomic E-state index is -0.0898. The van der Waals surface area contributed by atoms with Crippen LogP contribution in [0.3, 0.4) is 0 Å². The van der Waals surface area contributed by atoms with Crippen LogP contribution in [0.15, 0.2) is 47.4 Å². The molecule has 30 heavy (non-hydrogen) atoms. The van der Waals surface area contributed by atoms with E-state index in [-0.39, 0.29) is 12.1 Å². The molecule has 1 atom stereocenters. The Balaban J connectivity index is 1.49. The van der Waals surface area contributed by atoms with Crippen LogP contribution in [0, 0.1) is 0 Å². The summed E-state index contributed by atoms with van der Waals surface area (Å²) in [6, 6.07) is 7.59. The third-order valence-electron chi connectivity index (χ3n) is 5.08. The van der Waals surface area contributed by atoms with Crippen LogP contribution in [0.2, 0.25) is 0 Å². The van der Waals surface area contributed by atoms with Gasteiger partial charge in [0.25, 0.3) is 5.89 Å². The van der Waals surface area contributed by atoms with E-state index in [0.717, 1.165) is 6.42 Å². The van der Waals surface area contributed by atoms with Gasteiger partial charge in [-0.15, -0.1) is 0 Å². The first kappa shape index (κ1) is 19.8. The van der Waals surface area contributed by atoms with Crippen LogP contribution in [0.4, 0.5) is 4.79 Å². The number of rotatable bonds is 6. The van der Waals surface area contributed by atoms with E-state index >= 15 is 0 Å². The lowest BCUT2D eigenvalue weighted by Crippen LogP contribution is -2.42. The normalized spacial score (nSPS) is 15.9.